The Hall–Kier alpha value is -0.0400. The van der Waals surface area contributed by atoms with Crippen LogP contribution in [0.15, 0.2) is 0 Å². The van der Waals surface area contributed by atoms with Gasteiger partial charge in [-0.15, -0.1) is 0 Å². The smallest absolute Gasteiger partial charge is 0.00385 e. The largest absolute Gasteiger partial charge is 0.301 e. The van der Waals surface area contributed by atoms with Gasteiger partial charge in [0.2, 0.25) is 0 Å². The lowest BCUT2D eigenvalue weighted by atomic mass is 9.58. The van der Waals surface area contributed by atoms with Crippen LogP contribution in [-0.4, -0.2) is 24.0 Å². The molecule has 2 fully saturated rings. The zero-order chi connectivity index (χ0) is 14.2. The maximum atomic E-state index is 2.63. The SMILES string of the molecule is CC.CC1CC2(CCN(C(C)C)CC2)C1.CCC. The van der Waals surface area contributed by atoms with Gasteiger partial charge < -0.3 is 4.90 Å². The molecule has 0 aromatic heterocycles. The van der Waals surface area contributed by atoms with Crippen LogP contribution in [0.1, 0.15) is 80.6 Å². The fourth-order valence-corrected chi connectivity index (χ4v) is 3.34. The molecule has 0 radical (unpaired) electrons. The van der Waals surface area contributed by atoms with Crippen molar-refractivity contribution >= 4 is 0 Å². The van der Waals surface area contributed by atoms with Crippen molar-refractivity contribution in [2.75, 3.05) is 13.1 Å². The molecule has 0 amide bonds. The predicted octanol–water partition coefficient (Wildman–Crippen LogP) is 5.35. The first-order chi connectivity index (χ1) is 8.53. The van der Waals surface area contributed by atoms with Crippen LogP contribution in [0.3, 0.4) is 0 Å². The van der Waals surface area contributed by atoms with E-state index < -0.39 is 0 Å². The lowest BCUT2D eigenvalue weighted by Crippen LogP contribution is -2.48. The van der Waals surface area contributed by atoms with Crippen LogP contribution in [0, 0.1) is 11.3 Å². The number of piperidine rings is 1. The van der Waals surface area contributed by atoms with Gasteiger partial charge in [0.1, 0.15) is 0 Å². The van der Waals surface area contributed by atoms with Gasteiger partial charge in [-0.05, 0) is 64.0 Å². The van der Waals surface area contributed by atoms with Crippen LogP contribution in [0.2, 0.25) is 0 Å². The lowest BCUT2D eigenvalue weighted by Gasteiger charge is -2.52. The highest BCUT2D eigenvalue weighted by Crippen LogP contribution is 2.52. The summed E-state index contributed by atoms with van der Waals surface area (Å²) in [5.41, 5.74) is 0.796. The van der Waals surface area contributed by atoms with Gasteiger partial charge in [-0.25, -0.2) is 0 Å². The Labute approximate surface area is 116 Å². The first kappa shape index (κ1) is 18.0. The van der Waals surface area contributed by atoms with Crippen molar-refractivity contribution in [1.82, 2.24) is 4.90 Å². The van der Waals surface area contributed by atoms with Gasteiger partial charge in [-0.3, -0.25) is 0 Å². The van der Waals surface area contributed by atoms with E-state index in [9.17, 15) is 0 Å². The predicted molar refractivity (Wildman–Crippen MR) is 84.1 cm³/mol. The topological polar surface area (TPSA) is 3.24 Å². The average Bonchev–Trinajstić information content (AvgIpc) is 2.31. The molecule has 1 nitrogen and oxygen atoms in total. The third kappa shape index (κ3) is 5.30. The van der Waals surface area contributed by atoms with Gasteiger partial charge in [0.15, 0.2) is 0 Å². The Balaban J connectivity index is 0.000000509. The van der Waals surface area contributed by atoms with Crippen LogP contribution in [-0.2, 0) is 0 Å². The number of hydrogen-bond acceptors (Lipinski definition) is 1. The van der Waals surface area contributed by atoms with E-state index in [0.717, 1.165) is 17.4 Å². The second-order valence-electron chi connectivity index (χ2n) is 6.35. The number of hydrogen-bond donors (Lipinski definition) is 0. The van der Waals surface area contributed by atoms with Crippen LogP contribution in [0.25, 0.3) is 0 Å². The van der Waals surface area contributed by atoms with Crippen molar-refractivity contribution < 1.29 is 0 Å². The van der Waals surface area contributed by atoms with E-state index in [4.69, 9.17) is 0 Å². The Morgan fingerprint density at radius 1 is 1.06 bits per heavy atom. The van der Waals surface area contributed by atoms with Crippen molar-refractivity contribution in [2.45, 2.75) is 86.6 Å². The molecule has 1 aliphatic carbocycles. The molecular weight excluding hydrogens is 218 g/mol. The third-order valence-electron chi connectivity index (χ3n) is 4.15. The quantitative estimate of drug-likeness (QED) is 0.610. The molecule has 1 heterocycles. The molecule has 2 rings (SSSR count). The molecule has 1 spiro atoms. The van der Waals surface area contributed by atoms with E-state index >= 15 is 0 Å². The zero-order valence-corrected chi connectivity index (χ0v) is 14.1. The van der Waals surface area contributed by atoms with Crippen molar-refractivity contribution in [2.24, 2.45) is 11.3 Å². The van der Waals surface area contributed by atoms with Gasteiger partial charge in [0, 0.05) is 6.04 Å². The number of rotatable bonds is 1. The van der Waals surface area contributed by atoms with E-state index in [1.165, 1.54) is 45.2 Å². The van der Waals surface area contributed by atoms with Crippen LogP contribution >= 0.6 is 0 Å². The minimum absolute atomic E-state index is 0.759. The fraction of sp³-hybridized carbons (Fsp3) is 1.00. The molecule has 110 valence electrons. The van der Waals surface area contributed by atoms with E-state index in [0.29, 0.717) is 0 Å². The minimum atomic E-state index is 0.759. The maximum Gasteiger partial charge on any atom is 0.00385 e. The van der Waals surface area contributed by atoms with E-state index in [2.05, 4.69) is 39.5 Å². The number of likely N-dealkylation sites (tertiary alicyclic amines) is 1. The molecule has 18 heavy (non-hydrogen) atoms. The first-order valence-corrected chi connectivity index (χ1v) is 8.27. The van der Waals surface area contributed by atoms with Gasteiger partial charge in [-0.2, -0.15) is 0 Å². The average molecular weight is 255 g/mol. The summed E-state index contributed by atoms with van der Waals surface area (Å²) >= 11 is 0. The van der Waals surface area contributed by atoms with Gasteiger partial charge in [0.05, 0.1) is 0 Å². The molecule has 1 saturated carbocycles. The highest BCUT2D eigenvalue weighted by molar-refractivity contribution is 4.95. The molecule has 0 bridgehead atoms. The fourth-order valence-electron chi connectivity index (χ4n) is 3.34. The Kier molecular flexibility index (Phi) is 8.94. The summed E-state index contributed by atoms with van der Waals surface area (Å²) in [6.45, 7) is 18.0. The molecule has 1 saturated heterocycles. The van der Waals surface area contributed by atoms with Crippen molar-refractivity contribution in [3.8, 4) is 0 Å². The standard InChI is InChI=1S/C12H23N.C3H8.C2H6/c1-10(2)13-6-4-12(5-7-13)8-11(3)9-12;1-3-2;1-2/h10-11H,4-9H2,1-3H3;3H2,1-2H3;1-2H3. The van der Waals surface area contributed by atoms with Gasteiger partial charge in [0.25, 0.3) is 0 Å². The van der Waals surface area contributed by atoms with E-state index in [1.807, 2.05) is 13.8 Å². The Bertz CT molecular complexity index is 182. The summed E-state index contributed by atoms with van der Waals surface area (Å²) < 4.78 is 0. The summed E-state index contributed by atoms with van der Waals surface area (Å²) in [5.74, 6) is 1.02. The third-order valence-corrected chi connectivity index (χ3v) is 4.15. The molecule has 1 heteroatoms. The monoisotopic (exact) mass is 255 g/mol. The molecule has 0 unspecified atom stereocenters. The molecule has 0 N–H and O–H groups in total. The zero-order valence-electron chi connectivity index (χ0n) is 14.1. The summed E-state index contributed by atoms with van der Waals surface area (Å²) in [4.78, 5) is 2.63. The molecule has 2 aliphatic rings. The normalized spacial score (nSPS) is 22.7. The molecular formula is C17H37N. The summed E-state index contributed by atoms with van der Waals surface area (Å²) in [5, 5.41) is 0. The van der Waals surface area contributed by atoms with Crippen LogP contribution in [0.5, 0.6) is 0 Å². The number of nitrogens with zero attached hydrogens (tertiary/aromatic N) is 1. The van der Waals surface area contributed by atoms with Gasteiger partial charge in [-0.1, -0.05) is 41.0 Å². The van der Waals surface area contributed by atoms with E-state index in [-0.39, 0.29) is 0 Å². The van der Waals surface area contributed by atoms with Crippen molar-refractivity contribution in [3.05, 3.63) is 0 Å². The van der Waals surface area contributed by atoms with Gasteiger partial charge >= 0.3 is 0 Å². The van der Waals surface area contributed by atoms with Crippen LogP contribution in [0.4, 0.5) is 0 Å². The highest BCUT2D eigenvalue weighted by atomic mass is 15.2. The molecule has 1 aliphatic heterocycles. The molecule has 0 atom stereocenters. The van der Waals surface area contributed by atoms with Crippen molar-refractivity contribution in [3.63, 3.8) is 0 Å². The second-order valence-corrected chi connectivity index (χ2v) is 6.35. The minimum Gasteiger partial charge on any atom is -0.301 e. The summed E-state index contributed by atoms with van der Waals surface area (Å²) in [6.07, 6.45) is 7.21. The highest BCUT2D eigenvalue weighted by Gasteiger charge is 2.43. The van der Waals surface area contributed by atoms with Crippen molar-refractivity contribution in [1.29, 1.82) is 0 Å². The maximum absolute atomic E-state index is 2.63. The second kappa shape index (κ2) is 8.96. The summed E-state index contributed by atoms with van der Waals surface area (Å²) in [7, 11) is 0. The van der Waals surface area contributed by atoms with Crippen LogP contribution < -0.4 is 0 Å². The Morgan fingerprint density at radius 3 is 1.72 bits per heavy atom. The first-order valence-electron chi connectivity index (χ1n) is 8.27. The lowest BCUT2D eigenvalue weighted by molar-refractivity contribution is -0.0137. The molecule has 0 aromatic rings. The summed E-state index contributed by atoms with van der Waals surface area (Å²) in [6, 6.07) is 0.759. The van der Waals surface area contributed by atoms with E-state index in [1.54, 1.807) is 0 Å². The Morgan fingerprint density at radius 2 is 1.44 bits per heavy atom. The molecule has 0 aromatic carbocycles.